The maximum absolute atomic E-state index is 11.4. The van der Waals surface area contributed by atoms with Gasteiger partial charge in [0, 0.05) is 12.0 Å². The predicted molar refractivity (Wildman–Crippen MR) is 72.4 cm³/mol. The molecule has 0 aromatic heterocycles. The number of ether oxygens (including phenoxy) is 1. The first-order chi connectivity index (χ1) is 8.99. The fraction of sp³-hybridized carbons (Fsp3) is 0.812. The molecule has 0 heterocycles. The van der Waals surface area contributed by atoms with E-state index < -0.39 is 5.60 Å². The molecular formula is C16H24O3. The highest BCUT2D eigenvalue weighted by Gasteiger charge is 2.56. The van der Waals surface area contributed by atoms with Crippen molar-refractivity contribution in [3.05, 3.63) is 12.2 Å². The summed E-state index contributed by atoms with van der Waals surface area (Å²) in [6.07, 6.45) is 6.69. The summed E-state index contributed by atoms with van der Waals surface area (Å²) >= 11 is 0. The molecule has 0 unspecified atom stereocenters. The zero-order chi connectivity index (χ0) is 13.6. The second-order valence-corrected chi connectivity index (χ2v) is 6.96. The molecule has 1 N–H and O–H groups in total. The number of carbonyl (C=O) groups is 1. The molecule has 0 radical (unpaired) electrons. The molecule has 0 saturated heterocycles. The van der Waals surface area contributed by atoms with Gasteiger partial charge in [-0.15, -0.1) is 0 Å². The van der Waals surface area contributed by atoms with Gasteiger partial charge in [-0.25, -0.2) is 4.79 Å². The van der Waals surface area contributed by atoms with Crippen molar-refractivity contribution in [2.45, 2.75) is 51.0 Å². The molecule has 0 spiro atoms. The van der Waals surface area contributed by atoms with E-state index in [2.05, 4.69) is 6.58 Å². The van der Waals surface area contributed by atoms with Crippen molar-refractivity contribution in [1.29, 1.82) is 0 Å². The number of hydrogen-bond acceptors (Lipinski definition) is 3. The average Bonchev–Trinajstić information content (AvgIpc) is 2.35. The Bertz CT molecular complexity index is 371. The van der Waals surface area contributed by atoms with Gasteiger partial charge in [0.15, 0.2) is 0 Å². The van der Waals surface area contributed by atoms with Gasteiger partial charge < -0.3 is 9.84 Å². The number of hydrogen-bond donors (Lipinski definition) is 1. The third-order valence-corrected chi connectivity index (χ3v) is 5.64. The van der Waals surface area contributed by atoms with Gasteiger partial charge >= 0.3 is 5.97 Å². The molecule has 4 saturated carbocycles. The largest absolute Gasteiger partial charge is 0.462 e. The lowest BCUT2D eigenvalue weighted by atomic mass is 9.49. The smallest absolute Gasteiger partial charge is 0.333 e. The number of rotatable bonds is 4. The Morgan fingerprint density at radius 1 is 1.21 bits per heavy atom. The Morgan fingerprint density at radius 3 is 2.21 bits per heavy atom. The fourth-order valence-electron chi connectivity index (χ4n) is 4.84. The summed E-state index contributed by atoms with van der Waals surface area (Å²) in [6, 6.07) is 0. The van der Waals surface area contributed by atoms with E-state index >= 15 is 0 Å². The lowest BCUT2D eigenvalue weighted by Crippen LogP contribution is -2.58. The van der Waals surface area contributed by atoms with Crippen molar-refractivity contribution in [3.8, 4) is 0 Å². The first-order valence-corrected chi connectivity index (χ1v) is 7.54. The number of aliphatic hydroxyl groups is 1. The molecule has 19 heavy (non-hydrogen) atoms. The van der Waals surface area contributed by atoms with E-state index in [9.17, 15) is 9.90 Å². The van der Waals surface area contributed by atoms with Crippen LogP contribution in [-0.2, 0) is 9.53 Å². The van der Waals surface area contributed by atoms with Crippen LogP contribution in [0.4, 0.5) is 0 Å². The fourth-order valence-corrected chi connectivity index (χ4v) is 4.84. The SMILES string of the molecule is C=C(C)C(=O)OCCC1(O)C2CC3CC(C2)CC1C3. The minimum atomic E-state index is -0.581. The molecule has 0 aromatic carbocycles. The van der Waals surface area contributed by atoms with Crippen LogP contribution in [0.15, 0.2) is 12.2 Å². The van der Waals surface area contributed by atoms with Crippen molar-refractivity contribution in [2.24, 2.45) is 23.7 Å². The topological polar surface area (TPSA) is 46.5 Å². The second-order valence-electron chi connectivity index (χ2n) is 6.96. The standard InChI is InChI=1S/C16H24O3/c1-10(2)15(17)19-4-3-16(18)13-6-11-5-12(8-13)9-14(16)7-11/h11-14,18H,1,3-9H2,2H3. The summed E-state index contributed by atoms with van der Waals surface area (Å²) in [6.45, 7) is 5.55. The van der Waals surface area contributed by atoms with Crippen molar-refractivity contribution in [2.75, 3.05) is 6.61 Å². The molecule has 4 bridgehead atoms. The highest BCUT2D eigenvalue weighted by molar-refractivity contribution is 5.86. The van der Waals surface area contributed by atoms with Crippen LogP contribution in [0.2, 0.25) is 0 Å². The van der Waals surface area contributed by atoms with E-state index in [-0.39, 0.29) is 5.97 Å². The molecule has 0 atom stereocenters. The zero-order valence-corrected chi connectivity index (χ0v) is 11.7. The van der Waals surface area contributed by atoms with Gasteiger partial charge in [-0.3, -0.25) is 0 Å². The molecule has 0 aliphatic heterocycles. The summed E-state index contributed by atoms with van der Waals surface area (Å²) < 4.78 is 5.18. The molecule has 4 rings (SSSR count). The van der Waals surface area contributed by atoms with E-state index in [1.165, 1.54) is 32.1 Å². The van der Waals surface area contributed by atoms with Crippen molar-refractivity contribution in [3.63, 3.8) is 0 Å². The van der Waals surface area contributed by atoms with Crippen LogP contribution < -0.4 is 0 Å². The van der Waals surface area contributed by atoms with E-state index in [4.69, 9.17) is 4.74 Å². The van der Waals surface area contributed by atoms with Crippen LogP contribution >= 0.6 is 0 Å². The van der Waals surface area contributed by atoms with Crippen molar-refractivity contribution >= 4 is 5.97 Å². The maximum atomic E-state index is 11.4. The van der Waals surface area contributed by atoms with Gasteiger partial charge in [0.1, 0.15) is 0 Å². The molecule has 4 aliphatic rings. The minimum Gasteiger partial charge on any atom is -0.462 e. The van der Waals surface area contributed by atoms with Gasteiger partial charge in [0.25, 0.3) is 0 Å². The molecule has 4 aliphatic carbocycles. The monoisotopic (exact) mass is 264 g/mol. The Morgan fingerprint density at radius 2 is 1.74 bits per heavy atom. The summed E-state index contributed by atoms with van der Waals surface area (Å²) in [7, 11) is 0. The Labute approximate surface area is 115 Å². The quantitative estimate of drug-likeness (QED) is 0.627. The molecule has 0 aromatic rings. The summed E-state index contributed by atoms with van der Waals surface area (Å²) in [5.41, 5.74) is -0.153. The van der Waals surface area contributed by atoms with Crippen LogP contribution in [0.1, 0.15) is 45.4 Å². The van der Waals surface area contributed by atoms with Gasteiger partial charge in [0.05, 0.1) is 12.2 Å². The number of carbonyl (C=O) groups excluding carboxylic acids is 1. The van der Waals surface area contributed by atoms with Gasteiger partial charge in [0.2, 0.25) is 0 Å². The first kappa shape index (κ1) is 13.2. The van der Waals surface area contributed by atoms with E-state index in [0.29, 0.717) is 30.4 Å². The van der Waals surface area contributed by atoms with E-state index in [0.717, 1.165) is 11.8 Å². The Kier molecular flexibility index (Phi) is 3.20. The zero-order valence-electron chi connectivity index (χ0n) is 11.7. The normalized spacial score (nSPS) is 43.3. The summed E-state index contributed by atoms with van der Waals surface area (Å²) in [5, 5.41) is 11.0. The summed E-state index contributed by atoms with van der Waals surface area (Å²) in [4.78, 5) is 11.4. The highest BCUT2D eigenvalue weighted by atomic mass is 16.5. The van der Waals surface area contributed by atoms with Crippen LogP contribution in [0.25, 0.3) is 0 Å². The van der Waals surface area contributed by atoms with Crippen LogP contribution in [0.3, 0.4) is 0 Å². The predicted octanol–water partition coefficient (Wildman–Crippen LogP) is 2.68. The van der Waals surface area contributed by atoms with Crippen molar-refractivity contribution in [1.82, 2.24) is 0 Å². The van der Waals surface area contributed by atoms with Gasteiger partial charge in [-0.05, 0) is 62.7 Å². The lowest BCUT2D eigenvalue weighted by Gasteiger charge is -2.59. The molecular weight excluding hydrogens is 240 g/mol. The summed E-state index contributed by atoms with van der Waals surface area (Å²) in [5.74, 6) is 2.23. The lowest BCUT2D eigenvalue weighted by molar-refractivity contribution is -0.183. The number of esters is 1. The second kappa shape index (κ2) is 4.62. The van der Waals surface area contributed by atoms with E-state index in [1.807, 2.05) is 0 Å². The van der Waals surface area contributed by atoms with Crippen LogP contribution in [-0.4, -0.2) is 23.3 Å². The van der Waals surface area contributed by atoms with Crippen molar-refractivity contribution < 1.29 is 14.6 Å². The molecule has 106 valence electrons. The van der Waals surface area contributed by atoms with Gasteiger partial charge in [-0.1, -0.05) is 6.58 Å². The van der Waals surface area contributed by atoms with Crippen LogP contribution in [0.5, 0.6) is 0 Å². The minimum absolute atomic E-state index is 0.324. The average molecular weight is 264 g/mol. The first-order valence-electron chi connectivity index (χ1n) is 7.54. The van der Waals surface area contributed by atoms with E-state index in [1.54, 1.807) is 6.92 Å². The molecule has 0 amide bonds. The molecule has 4 fully saturated rings. The molecule has 3 heteroatoms. The highest BCUT2D eigenvalue weighted by Crippen LogP contribution is 2.59. The Hall–Kier alpha value is -0.830. The van der Waals surface area contributed by atoms with Gasteiger partial charge in [-0.2, -0.15) is 0 Å². The van der Waals surface area contributed by atoms with Crippen LogP contribution in [0, 0.1) is 23.7 Å². The third-order valence-electron chi connectivity index (χ3n) is 5.64. The Balaban J connectivity index is 1.60. The third kappa shape index (κ3) is 2.22. The molecule has 3 nitrogen and oxygen atoms in total. The maximum Gasteiger partial charge on any atom is 0.333 e.